The third-order valence-corrected chi connectivity index (χ3v) is 2.53. The molecule has 0 aliphatic heterocycles. The van der Waals surface area contributed by atoms with Crippen LogP contribution in [0.4, 0.5) is 0 Å². The second kappa shape index (κ2) is 4.45. The average molecular weight is 217 g/mol. The third kappa shape index (κ3) is 2.12. The number of hydrogen-bond acceptors (Lipinski definition) is 3. The van der Waals surface area contributed by atoms with E-state index in [4.69, 9.17) is 5.73 Å². The highest BCUT2D eigenvalue weighted by molar-refractivity contribution is 5.78. The number of nitrogens with two attached hydrogens (primary N) is 1. The summed E-state index contributed by atoms with van der Waals surface area (Å²) in [5.74, 6) is 0.715. The van der Waals surface area contributed by atoms with Gasteiger partial charge in [-0.05, 0) is 32.0 Å². The Hall–Kier alpha value is -1.68. The zero-order valence-corrected chi connectivity index (χ0v) is 9.29. The highest BCUT2D eigenvalue weighted by Gasteiger charge is 2.03. The van der Waals surface area contributed by atoms with Crippen molar-refractivity contribution >= 4 is 10.9 Å². The monoisotopic (exact) mass is 217 g/mol. The fraction of sp³-hybridized carbons (Fsp3) is 0.333. The third-order valence-electron chi connectivity index (χ3n) is 2.53. The van der Waals surface area contributed by atoms with Gasteiger partial charge in [0, 0.05) is 6.42 Å². The lowest BCUT2D eigenvalue weighted by atomic mass is 10.1. The molecule has 0 aliphatic carbocycles. The molecule has 16 heavy (non-hydrogen) atoms. The maximum Gasteiger partial charge on any atom is 0.258 e. The van der Waals surface area contributed by atoms with Crippen LogP contribution in [0, 0.1) is 6.92 Å². The van der Waals surface area contributed by atoms with E-state index in [0.29, 0.717) is 17.8 Å². The first-order valence-corrected chi connectivity index (χ1v) is 5.40. The summed E-state index contributed by atoms with van der Waals surface area (Å²) >= 11 is 0. The van der Waals surface area contributed by atoms with Crippen molar-refractivity contribution in [2.75, 3.05) is 6.54 Å². The molecule has 0 atom stereocenters. The van der Waals surface area contributed by atoms with Crippen molar-refractivity contribution in [3.63, 3.8) is 0 Å². The van der Waals surface area contributed by atoms with Crippen LogP contribution in [-0.2, 0) is 6.42 Å². The van der Waals surface area contributed by atoms with Gasteiger partial charge in [0.05, 0.1) is 10.9 Å². The summed E-state index contributed by atoms with van der Waals surface area (Å²) in [6, 6.07) is 5.70. The number of nitrogens with one attached hydrogen (secondary N) is 1. The lowest BCUT2D eigenvalue weighted by molar-refractivity contribution is 0.782. The molecule has 0 unspecified atom stereocenters. The summed E-state index contributed by atoms with van der Waals surface area (Å²) in [6.07, 6.45) is 1.55. The van der Waals surface area contributed by atoms with E-state index >= 15 is 0 Å². The molecule has 84 valence electrons. The Morgan fingerprint density at radius 1 is 1.44 bits per heavy atom. The number of aryl methyl sites for hydroxylation is 2. The van der Waals surface area contributed by atoms with E-state index in [-0.39, 0.29) is 5.56 Å². The molecule has 0 amide bonds. The molecule has 0 fully saturated rings. The number of nitrogens with zero attached hydrogens (tertiary/aromatic N) is 1. The van der Waals surface area contributed by atoms with Gasteiger partial charge in [0.25, 0.3) is 5.56 Å². The molecule has 4 nitrogen and oxygen atoms in total. The first-order chi connectivity index (χ1) is 7.70. The summed E-state index contributed by atoms with van der Waals surface area (Å²) < 4.78 is 0. The summed E-state index contributed by atoms with van der Waals surface area (Å²) in [6.45, 7) is 2.57. The molecule has 0 saturated heterocycles. The molecule has 1 aromatic heterocycles. The van der Waals surface area contributed by atoms with Gasteiger partial charge in [-0.1, -0.05) is 11.6 Å². The van der Waals surface area contributed by atoms with Crippen molar-refractivity contribution in [1.82, 2.24) is 9.97 Å². The van der Waals surface area contributed by atoms with Crippen LogP contribution in [0.3, 0.4) is 0 Å². The Labute approximate surface area is 93.5 Å². The molecular weight excluding hydrogens is 202 g/mol. The van der Waals surface area contributed by atoms with Crippen LogP contribution in [0.2, 0.25) is 0 Å². The van der Waals surface area contributed by atoms with E-state index in [0.717, 1.165) is 23.9 Å². The molecule has 0 radical (unpaired) electrons. The van der Waals surface area contributed by atoms with E-state index in [1.54, 1.807) is 0 Å². The van der Waals surface area contributed by atoms with Crippen LogP contribution in [0.15, 0.2) is 23.0 Å². The zero-order chi connectivity index (χ0) is 11.5. The predicted octanol–water partition coefficient (Wildman–Crippen LogP) is 1.12. The summed E-state index contributed by atoms with van der Waals surface area (Å²) in [5, 5.41) is 0.650. The number of H-pyrrole nitrogens is 1. The van der Waals surface area contributed by atoms with Gasteiger partial charge in [0.1, 0.15) is 5.82 Å². The first-order valence-electron chi connectivity index (χ1n) is 5.40. The maximum absolute atomic E-state index is 11.8. The first kappa shape index (κ1) is 10.8. The van der Waals surface area contributed by atoms with Gasteiger partial charge in [-0.3, -0.25) is 4.79 Å². The summed E-state index contributed by atoms with van der Waals surface area (Å²) in [4.78, 5) is 19.0. The number of rotatable bonds is 3. The van der Waals surface area contributed by atoms with Gasteiger partial charge in [0.2, 0.25) is 0 Å². The summed E-state index contributed by atoms with van der Waals surface area (Å²) in [7, 11) is 0. The molecule has 1 heterocycles. The summed E-state index contributed by atoms with van der Waals surface area (Å²) in [5.41, 5.74) is 7.17. The normalized spacial score (nSPS) is 10.9. The SMILES string of the molecule is Cc1ccc2nc(CCCN)[nH]c(=O)c2c1. The molecule has 1 aromatic carbocycles. The second-order valence-corrected chi connectivity index (χ2v) is 3.93. The number of aromatic amines is 1. The molecular formula is C12H15N3O. The van der Waals surface area contributed by atoms with Crippen molar-refractivity contribution in [1.29, 1.82) is 0 Å². The van der Waals surface area contributed by atoms with E-state index in [1.807, 2.05) is 25.1 Å². The number of benzene rings is 1. The number of hydrogen-bond donors (Lipinski definition) is 2. The average Bonchev–Trinajstić information content (AvgIpc) is 2.27. The Bertz CT molecular complexity index is 560. The standard InChI is InChI=1S/C12H15N3O/c1-8-4-5-10-9(7-8)12(16)15-11(14-10)3-2-6-13/h4-5,7H,2-3,6,13H2,1H3,(H,14,15,16). The van der Waals surface area contributed by atoms with E-state index in [1.165, 1.54) is 0 Å². The van der Waals surface area contributed by atoms with Crippen LogP contribution < -0.4 is 11.3 Å². The molecule has 3 N–H and O–H groups in total. The topological polar surface area (TPSA) is 71.8 Å². The quantitative estimate of drug-likeness (QED) is 0.809. The molecule has 0 saturated carbocycles. The molecule has 0 spiro atoms. The van der Waals surface area contributed by atoms with Crippen LogP contribution in [-0.4, -0.2) is 16.5 Å². The fourth-order valence-corrected chi connectivity index (χ4v) is 1.69. The molecule has 2 rings (SSSR count). The van der Waals surface area contributed by atoms with Crippen LogP contribution in [0.1, 0.15) is 17.8 Å². The molecule has 0 bridgehead atoms. The minimum absolute atomic E-state index is 0.0688. The number of fused-ring (bicyclic) bond motifs is 1. The van der Waals surface area contributed by atoms with Crippen molar-refractivity contribution in [3.8, 4) is 0 Å². The van der Waals surface area contributed by atoms with Gasteiger partial charge in [-0.15, -0.1) is 0 Å². The van der Waals surface area contributed by atoms with Gasteiger partial charge in [-0.2, -0.15) is 0 Å². The van der Waals surface area contributed by atoms with Gasteiger partial charge in [0.15, 0.2) is 0 Å². The Kier molecular flexibility index (Phi) is 3.01. The Morgan fingerprint density at radius 2 is 2.25 bits per heavy atom. The van der Waals surface area contributed by atoms with Crippen LogP contribution in [0.5, 0.6) is 0 Å². The van der Waals surface area contributed by atoms with Gasteiger partial charge in [-0.25, -0.2) is 4.98 Å². The van der Waals surface area contributed by atoms with Crippen LogP contribution >= 0.6 is 0 Å². The van der Waals surface area contributed by atoms with Crippen LogP contribution in [0.25, 0.3) is 10.9 Å². The minimum Gasteiger partial charge on any atom is -0.330 e. The minimum atomic E-state index is -0.0688. The molecule has 0 aliphatic rings. The van der Waals surface area contributed by atoms with Crippen molar-refractivity contribution < 1.29 is 0 Å². The lowest BCUT2D eigenvalue weighted by Crippen LogP contribution is -2.13. The van der Waals surface area contributed by atoms with Gasteiger partial charge >= 0.3 is 0 Å². The zero-order valence-electron chi connectivity index (χ0n) is 9.29. The second-order valence-electron chi connectivity index (χ2n) is 3.93. The largest absolute Gasteiger partial charge is 0.330 e. The lowest BCUT2D eigenvalue weighted by Gasteiger charge is -2.02. The van der Waals surface area contributed by atoms with Crippen molar-refractivity contribution in [2.45, 2.75) is 19.8 Å². The van der Waals surface area contributed by atoms with E-state index in [9.17, 15) is 4.79 Å². The predicted molar refractivity (Wildman–Crippen MR) is 64.5 cm³/mol. The fourth-order valence-electron chi connectivity index (χ4n) is 1.69. The van der Waals surface area contributed by atoms with Crippen molar-refractivity contribution in [2.24, 2.45) is 5.73 Å². The molecule has 2 aromatic rings. The maximum atomic E-state index is 11.8. The highest BCUT2D eigenvalue weighted by atomic mass is 16.1. The Balaban J connectivity index is 2.51. The number of aromatic nitrogens is 2. The van der Waals surface area contributed by atoms with E-state index in [2.05, 4.69) is 9.97 Å². The van der Waals surface area contributed by atoms with Crippen molar-refractivity contribution in [3.05, 3.63) is 39.9 Å². The van der Waals surface area contributed by atoms with E-state index < -0.39 is 0 Å². The Morgan fingerprint density at radius 3 is 3.00 bits per heavy atom. The molecule has 4 heteroatoms. The highest BCUT2D eigenvalue weighted by Crippen LogP contribution is 2.09. The smallest absolute Gasteiger partial charge is 0.258 e. The van der Waals surface area contributed by atoms with Gasteiger partial charge < -0.3 is 10.7 Å².